The second-order valence-corrected chi connectivity index (χ2v) is 8.97. The van der Waals surface area contributed by atoms with E-state index in [1.807, 2.05) is 40.3 Å². The molecular formula is C19H17ClN6OS2. The highest BCUT2D eigenvalue weighted by Crippen LogP contribution is 2.32. The van der Waals surface area contributed by atoms with Crippen LogP contribution in [0.3, 0.4) is 0 Å². The number of hydrogen-bond donors (Lipinski definition) is 1. The molecule has 0 aliphatic carbocycles. The average Bonchev–Trinajstić information content (AvgIpc) is 3.46. The molecule has 0 atom stereocenters. The van der Waals surface area contributed by atoms with Gasteiger partial charge in [0.25, 0.3) is 5.56 Å². The van der Waals surface area contributed by atoms with E-state index in [9.17, 15) is 4.79 Å². The van der Waals surface area contributed by atoms with Gasteiger partial charge in [-0.05, 0) is 36.4 Å². The van der Waals surface area contributed by atoms with Gasteiger partial charge < -0.3 is 9.88 Å². The first-order valence-electron chi connectivity index (χ1n) is 9.25. The number of H-pyrrole nitrogens is 1. The van der Waals surface area contributed by atoms with Crippen molar-refractivity contribution in [1.29, 1.82) is 0 Å². The Bertz CT molecular complexity index is 1230. The van der Waals surface area contributed by atoms with Crippen molar-refractivity contribution in [3.8, 4) is 5.69 Å². The molecule has 1 aliphatic heterocycles. The maximum atomic E-state index is 12.2. The van der Waals surface area contributed by atoms with Gasteiger partial charge in [0.2, 0.25) is 5.95 Å². The molecule has 7 nitrogen and oxygen atoms in total. The van der Waals surface area contributed by atoms with Gasteiger partial charge in [0.05, 0.1) is 22.0 Å². The van der Waals surface area contributed by atoms with Crippen LogP contribution in [0.2, 0.25) is 5.02 Å². The molecule has 4 heterocycles. The second-order valence-electron chi connectivity index (χ2n) is 6.70. The number of rotatable bonds is 5. The summed E-state index contributed by atoms with van der Waals surface area (Å²) in [5.41, 5.74) is 1.46. The maximum Gasteiger partial charge on any atom is 0.268 e. The molecule has 0 amide bonds. The lowest BCUT2D eigenvalue weighted by atomic mass is 10.3. The van der Waals surface area contributed by atoms with Crippen LogP contribution in [0.4, 0.5) is 5.95 Å². The van der Waals surface area contributed by atoms with E-state index in [4.69, 9.17) is 11.6 Å². The second kappa shape index (κ2) is 7.81. The average molecular weight is 445 g/mol. The lowest BCUT2D eigenvalue weighted by Gasteiger charge is -2.19. The number of aromatic nitrogens is 5. The maximum absolute atomic E-state index is 12.2. The van der Waals surface area contributed by atoms with E-state index < -0.39 is 0 Å². The fraction of sp³-hybridized carbons (Fsp3) is 0.263. The van der Waals surface area contributed by atoms with Crippen molar-refractivity contribution < 1.29 is 0 Å². The number of para-hydroxylation sites is 1. The molecule has 5 rings (SSSR count). The van der Waals surface area contributed by atoms with Gasteiger partial charge >= 0.3 is 0 Å². The molecule has 3 aromatic heterocycles. The predicted octanol–water partition coefficient (Wildman–Crippen LogP) is 4.11. The summed E-state index contributed by atoms with van der Waals surface area (Å²) < 4.78 is 2.65. The minimum Gasteiger partial charge on any atom is -0.341 e. The topological polar surface area (TPSA) is 79.7 Å². The summed E-state index contributed by atoms with van der Waals surface area (Å²) >= 11 is 9.37. The van der Waals surface area contributed by atoms with Crippen molar-refractivity contribution in [1.82, 2.24) is 24.7 Å². The highest BCUT2D eigenvalue weighted by molar-refractivity contribution is 7.98. The van der Waals surface area contributed by atoms with Crippen LogP contribution in [0.25, 0.3) is 15.9 Å². The summed E-state index contributed by atoms with van der Waals surface area (Å²) in [5.74, 6) is 1.89. The van der Waals surface area contributed by atoms with Crippen molar-refractivity contribution >= 4 is 50.9 Å². The van der Waals surface area contributed by atoms with E-state index in [-0.39, 0.29) is 5.56 Å². The molecule has 4 aromatic rings. The van der Waals surface area contributed by atoms with Gasteiger partial charge in [-0.15, -0.1) is 21.5 Å². The predicted molar refractivity (Wildman–Crippen MR) is 118 cm³/mol. The van der Waals surface area contributed by atoms with Crippen LogP contribution in [0, 0.1) is 0 Å². The number of halogens is 1. The van der Waals surface area contributed by atoms with Crippen LogP contribution in [0.1, 0.15) is 18.7 Å². The Morgan fingerprint density at radius 1 is 1.17 bits per heavy atom. The molecule has 148 valence electrons. The van der Waals surface area contributed by atoms with Gasteiger partial charge in [0.1, 0.15) is 10.5 Å². The zero-order chi connectivity index (χ0) is 19.8. The van der Waals surface area contributed by atoms with Gasteiger partial charge in [-0.25, -0.2) is 4.98 Å². The highest BCUT2D eigenvalue weighted by Gasteiger charge is 2.23. The Morgan fingerprint density at radius 3 is 2.83 bits per heavy atom. The van der Waals surface area contributed by atoms with E-state index in [1.165, 1.54) is 23.1 Å². The third kappa shape index (κ3) is 3.54. The Labute approximate surface area is 179 Å². The van der Waals surface area contributed by atoms with Gasteiger partial charge in [-0.2, -0.15) is 0 Å². The van der Waals surface area contributed by atoms with E-state index in [2.05, 4.69) is 25.1 Å². The first-order chi connectivity index (χ1) is 14.2. The van der Waals surface area contributed by atoms with Crippen LogP contribution in [-0.2, 0) is 5.75 Å². The molecular weight excluding hydrogens is 428 g/mol. The van der Waals surface area contributed by atoms with Gasteiger partial charge in [-0.1, -0.05) is 35.5 Å². The first-order valence-corrected chi connectivity index (χ1v) is 11.5. The Kier molecular flexibility index (Phi) is 5.03. The lowest BCUT2D eigenvalue weighted by Crippen LogP contribution is -2.22. The summed E-state index contributed by atoms with van der Waals surface area (Å²) in [7, 11) is 0. The van der Waals surface area contributed by atoms with Crippen molar-refractivity contribution in [2.75, 3.05) is 18.0 Å². The molecule has 1 aromatic carbocycles. The van der Waals surface area contributed by atoms with Gasteiger partial charge in [0, 0.05) is 13.1 Å². The number of hydrogen-bond acceptors (Lipinski definition) is 7. The first kappa shape index (κ1) is 18.7. The fourth-order valence-electron chi connectivity index (χ4n) is 3.44. The standard InChI is InChI=1S/C19H17ClN6OS2/c20-12-5-1-2-6-14(12)26-18(25-8-3-4-9-25)23-24-19(26)29-11-15-21-13-7-10-28-16(13)17(27)22-15/h1-2,5-7,10H,3-4,8-9,11H2,(H,21,22,27). The van der Waals surface area contributed by atoms with Crippen LogP contribution < -0.4 is 10.5 Å². The Balaban J connectivity index is 1.50. The molecule has 29 heavy (non-hydrogen) atoms. The smallest absolute Gasteiger partial charge is 0.268 e. The third-order valence-corrected chi connectivity index (χ3v) is 6.96. The number of fused-ring (bicyclic) bond motifs is 1. The van der Waals surface area contributed by atoms with Gasteiger partial charge in [-0.3, -0.25) is 9.36 Å². The molecule has 0 saturated carbocycles. The lowest BCUT2D eigenvalue weighted by molar-refractivity contribution is 0.840. The molecule has 0 spiro atoms. The zero-order valence-corrected chi connectivity index (χ0v) is 17.7. The van der Waals surface area contributed by atoms with Crippen LogP contribution in [0.15, 0.2) is 45.7 Å². The highest BCUT2D eigenvalue weighted by atomic mass is 35.5. The summed E-state index contributed by atoms with van der Waals surface area (Å²) in [5, 5.41) is 12.1. The fourth-order valence-corrected chi connectivity index (χ4v) is 5.20. The molecule has 0 unspecified atom stereocenters. The summed E-state index contributed by atoms with van der Waals surface area (Å²) in [4.78, 5) is 21.9. The van der Waals surface area contributed by atoms with E-state index in [1.54, 1.807) is 0 Å². The molecule has 1 N–H and O–H groups in total. The molecule has 1 saturated heterocycles. The third-order valence-electron chi connectivity index (χ3n) is 4.80. The van der Waals surface area contributed by atoms with Crippen molar-refractivity contribution in [3.63, 3.8) is 0 Å². The number of benzene rings is 1. The van der Waals surface area contributed by atoms with Crippen molar-refractivity contribution in [2.24, 2.45) is 0 Å². The SMILES string of the molecule is O=c1[nH]c(CSc2nnc(N3CCCC3)n2-c2ccccc2Cl)nc2ccsc12. The van der Waals surface area contributed by atoms with E-state index in [0.29, 0.717) is 26.5 Å². The zero-order valence-electron chi connectivity index (χ0n) is 15.3. The number of aromatic amines is 1. The summed E-state index contributed by atoms with van der Waals surface area (Å²) in [6.45, 7) is 1.91. The minimum atomic E-state index is -0.106. The molecule has 0 radical (unpaired) electrons. The van der Waals surface area contributed by atoms with Crippen molar-refractivity contribution in [3.05, 3.63) is 56.9 Å². The van der Waals surface area contributed by atoms with Crippen molar-refractivity contribution in [2.45, 2.75) is 23.8 Å². The monoisotopic (exact) mass is 444 g/mol. The quantitative estimate of drug-likeness (QED) is 0.466. The van der Waals surface area contributed by atoms with Gasteiger partial charge in [0.15, 0.2) is 5.16 Å². The number of anilines is 1. The normalized spacial score (nSPS) is 14.2. The van der Waals surface area contributed by atoms with Crippen LogP contribution in [-0.4, -0.2) is 37.8 Å². The molecule has 10 heteroatoms. The number of nitrogens with zero attached hydrogens (tertiary/aromatic N) is 5. The van der Waals surface area contributed by atoms with Crippen LogP contribution in [0.5, 0.6) is 0 Å². The summed E-state index contributed by atoms with van der Waals surface area (Å²) in [6.07, 6.45) is 2.29. The molecule has 1 aliphatic rings. The Hall–Kier alpha value is -2.36. The Morgan fingerprint density at radius 2 is 2.00 bits per heavy atom. The van der Waals surface area contributed by atoms with E-state index >= 15 is 0 Å². The number of nitrogens with one attached hydrogen (secondary N) is 1. The van der Waals surface area contributed by atoms with Crippen LogP contribution >= 0.6 is 34.7 Å². The molecule has 0 bridgehead atoms. The van der Waals surface area contributed by atoms with E-state index in [0.717, 1.165) is 43.1 Å². The molecule has 1 fully saturated rings. The number of thioether (sulfide) groups is 1. The minimum absolute atomic E-state index is 0.106. The number of thiophene rings is 1. The largest absolute Gasteiger partial charge is 0.341 e. The summed E-state index contributed by atoms with van der Waals surface area (Å²) in [6, 6.07) is 9.55.